The van der Waals surface area contributed by atoms with Crippen LogP contribution in [0.3, 0.4) is 0 Å². The van der Waals surface area contributed by atoms with Crippen molar-refractivity contribution in [2.45, 2.75) is 53.9 Å². The first kappa shape index (κ1) is 31.7. The van der Waals surface area contributed by atoms with Crippen molar-refractivity contribution in [1.29, 1.82) is 0 Å². The molecule has 0 atom stereocenters. The molecule has 2 aliphatic rings. The average molecular weight is 616 g/mol. The van der Waals surface area contributed by atoms with Crippen LogP contribution in [0.15, 0.2) is 52.3 Å². The zero-order chi connectivity index (χ0) is 30.7. The SMILES string of the molecule is CN1CCC(Nc2cccc(Sc3ccc(/C=C/C(=O)N4CCC(C(=O)O)CC4)c(C(F)(F)F)c3C(F)(F)F)c2)CC1. The summed E-state index contributed by atoms with van der Waals surface area (Å²) in [5.74, 6) is -2.32. The Bertz CT molecular complexity index is 1310. The number of aliphatic carboxylic acids is 1. The Hall–Kier alpha value is -3.19. The van der Waals surface area contributed by atoms with E-state index in [0.717, 1.165) is 50.2 Å². The highest BCUT2D eigenvalue weighted by Crippen LogP contribution is 2.48. The minimum absolute atomic E-state index is 0.0847. The summed E-state index contributed by atoms with van der Waals surface area (Å²) >= 11 is 0.591. The highest BCUT2D eigenvalue weighted by molar-refractivity contribution is 7.99. The number of nitrogens with one attached hydrogen (secondary N) is 1. The first-order valence-electron chi connectivity index (χ1n) is 13.5. The fourth-order valence-electron chi connectivity index (χ4n) is 5.19. The number of anilines is 1. The van der Waals surface area contributed by atoms with Gasteiger partial charge in [-0.1, -0.05) is 23.9 Å². The summed E-state index contributed by atoms with van der Waals surface area (Å²) in [5, 5.41) is 12.5. The van der Waals surface area contributed by atoms with Gasteiger partial charge in [-0.25, -0.2) is 0 Å². The minimum Gasteiger partial charge on any atom is -0.481 e. The van der Waals surface area contributed by atoms with Gasteiger partial charge >= 0.3 is 18.3 Å². The summed E-state index contributed by atoms with van der Waals surface area (Å²) < 4.78 is 85.4. The minimum atomic E-state index is -5.36. The number of nitrogens with zero attached hydrogens (tertiary/aromatic N) is 2. The Morgan fingerprint density at radius 3 is 2.17 bits per heavy atom. The van der Waals surface area contributed by atoms with Crippen molar-refractivity contribution in [1.82, 2.24) is 9.80 Å². The number of alkyl halides is 6. The van der Waals surface area contributed by atoms with Crippen molar-refractivity contribution >= 4 is 35.4 Å². The maximum Gasteiger partial charge on any atom is 0.418 e. The van der Waals surface area contributed by atoms with E-state index in [2.05, 4.69) is 10.2 Å². The first-order valence-corrected chi connectivity index (χ1v) is 14.3. The van der Waals surface area contributed by atoms with Crippen molar-refractivity contribution in [2.24, 2.45) is 5.92 Å². The maximum atomic E-state index is 14.3. The molecule has 4 rings (SSSR count). The topological polar surface area (TPSA) is 72.9 Å². The number of amides is 1. The molecule has 2 saturated heterocycles. The molecule has 228 valence electrons. The lowest BCUT2D eigenvalue weighted by Gasteiger charge is -2.30. The van der Waals surface area contributed by atoms with Gasteiger partial charge in [0.1, 0.15) is 0 Å². The van der Waals surface area contributed by atoms with Crippen LogP contribution in [-0.2, 0) is 21.9 Å². The quantitative estimate of drug-likeness (QED) is 0.266. The number of carbonyl (C=O) groups is 2. The zero-order valence-corrected chi connectivity index (χ0v) is 23.6. The van der Waals surface area contributed by atoms with E-state index in [9.17, 15) is 35.9 Å². The molecule has 0 aromatic heterocycles. The van der Waals surface area contributed by atoms with Gasteiger partial charge in [0.2, 0.25) is 5.91 Å². The Morgan fingerprint density at radius 2 is 1.57 bits per heavy atom. The van der Waals surface area contributed by atoms with Crippen LogP contribution in [0.2, 0.25) is 0 Å². The van der Waals surface area contributed by atoms with Gasteiger partial charge < -0.3 is 20.2 Å². The fraction of sp³-hybridized carbons (Fsp3) is 0.448. The molecule has 2 aromatic rings. The van der Waals surface area contributed by atoms with Crippen LogP contribution in [0.1, 0.15) is 42.4 Å². The molecule has 0 saturated carbocycles. The first-order chi connectivity index (χ1) is 19.7. The molecule has 0 aliphatic carbocycles. The summed E-state index contributed by atoms with van der Waals surface area (Å²) in [4.78, 5) is 26.9. The van der Waals surface area contributed by atoms with E-state index in [1.807, 2.05) is 7.05 Å². The fourth-order valence-corrected chi connectivity index (χ4v) is 6.23. The normalized spacial score (nSPS) is 18.0. The molecule has 6 nitrogen and oxygen atoms in total. The molecule has 2 aromatic carbocycles. The van der Waals surface area contributed by atoms with E-state index < -0.39 is 51.7 Å². The molecular formula is C29H31F6N3O3S. The Labute approximate surface area is 243 Å². The maximum absolute atomic E-state index is 14.3. The standard InChI is InChI=1S/C29H31F6N3O3S/c1-37-13-11-20(12-14-37)36-21-3-2-4-22(17-21)42-23-7-5-18(25(28(30,31)32)26(23)29(33,34)35)6-8-24(39)38-15-9-19(10-16-38)27(40)41/h2-8,17,19-20,36H,9-16H2,1H3,(H,40,41)/b8-6+. The zero-order valence-electron chi connectivity index (χ0n) is 22.8. The molecule has 2 fully saturated rings. The summed E-state index contributed by atoms with van der Waals surface area (Å²) in [6.45, 7) is 1.97. The van der Waals surface area contributed by atoms with Crippen LogP contribution in [0.5, 0.6) is 0 Å². The van der Waals surface area contributed by atoms with Crippen LogP contribution in [0, 0.1) is 5.92 Å². The van der Waals surface area contributed by atoms with Gasteiger partial charge in [0.05, 0.1) is 17.0 Å². The average Bonchev–Trinajstić information content (AvgIpc) is 2.92. The molecule has 1 amide bonds. The van der Waals surface area contributed by atoms with E-state index >= 15 is 0 Å². The second-order valence-corrected chi connectivity index (χ2v) is 11.6. The second kappa shape index (κ2) is 13.0. The number of piperidine rings is 2. The van der Waals surface area contributed by atoms with Gasteiger partial charge in [-0.2, -0.15) is 26.3 Å². The highest BCUT2D eigenvalue weighted by atomic mass is 32.2. The number of benzene rings is 2. The summed E-state index contributed by atoms with van der Waals surface area (Å²) in [5.41, 5.74) is -3.80. The van der Waals surface area contributed by atoms with Crippen molar-refractivity contribution < 1.29 is 41.0 Å². The predicted octanol–water partition coefficient (Wildman–Crippen LogP) is 6.72. The number of hydrogen-bond acceptors (Lipinski definition) is 5. The summed E-state index contributed by atoms with van der Waals surface area (Å²) in [7, 11) is 2.02. The Kier molecular flexibility index (Phi) is 9.81. The van der Waals surface area contributed by atoms with Crippen LogP contribution >= 0.6 is 11.8 Å². The lowest BCUT2D eigenvalue weighted by molar-refractivity contribution is -0.163. The Morgan fingerprint density at radius 1 is 0.929 bits per heavy atom. The molecule has 0 spiro atoms. The second-order valence-electron chi connectivity index (χ2n) is 10.5. The van der Waals surface area contributed by atoms with Crippen LogP contribution in [-0.4, -0.2) is 66.1 Å². The number of carboxylic acids is 1. The largest absolute Gasteiger partial charge is 0.481 e. The molecule has 0 unspecified atom stereocenters. The molecular weight excluding hydrogens is 584 g/mol. The van der Waals surface area contributed by atoms with Crippen molar-refractivity contribution in [3.05, 3.63) is 59.2 Å². The van der Waals surface area contributed by atoms with Gasteiger partial charge in [0.15, 0.2) is 0 Å². The number of carbonyl (C=O) groups excluding carboxylic acids is 1. The number of hydrogen-bond donors (Lipinski definition) is 2. The summed E-state index contributed by atoms with van der Waals surface area (Å²) in [6, 6.07) is 8.67. The van der Waals surface area contributed by atoms with Gasteiger partial charge in [-0.3, -0.25) is 9.59 Å². The molecule has 0 radical (unpaired) electrons. The monoisotopic (exact) mass is 615 g/mol. The van der Waals surface area contributed by atoms with Gasteiger partial charge in [0, 0.05) is 40.7 Å². The smallest absolute Gasteiger partial charge is 0.418 e. The third-order valence-electron chi connectivity index (χ3n) is 7.48. The molecule has 42 heavy (non-hydrogen) atoms. The third kappa shape index (κ3) is 8.00. The van der Waals surface area contributed by atoms with Gasteiger partial charge in [0.25, 0.3) is 0 Å². The molecule has 0 bridgehead atoms. The van der Waals surface area contributed by atoms with Crippen LogP contribution < -0.4 is 5.32 Å². The number of carboxylic acid groups (broad SMARTS) is 1. The van der Waals surface area contributed by atoms with Crippen LogP contribution in [0.25, 0.3) is 6.08 Å². The van der Waals surface area contributed by atoms with E-state index in [-0.39, 0.29) is 32.0 Å². The molecule has 13 heteroatoms. The number of rotatable bonds is 7. The highest BCUT2D eigenvalue weighted by Gasteiger charge is 2.46. The van der Waals surface area contributed by atoms with Crippen molar-refractivity contribution in [2.75, 3.05) is 38.5 Å². The van der Waals surface area contributed by atoms with Crippen molar-refractivity contribution in [3.8, 4) is 0 Å². The van der Waals surface area contributed by atoms with E-state index in [4.69, 9.17) is 5.11 Å². The molecule has 2 N–H and O–H groups in total. The Balaban J connectivity index is 1.60. The lowest BCUT2D eigenvalue weighted by Crippen LogP contribution is -2.39. The van der Waals surface area contributed by atoms with Gasteiger partial charge in [-0.05, 0) is 81.7 Å². The van der Waals surface area contributed by atoms with Gasteiger partial charge in [-0.15, -0.1) is 0 Å². The molecule has 2 aliphatic heterocycles. The van der Waals surface area contributed by atoms with E-state index in [1.54, 1.807) is 18.2 Å². The van der Waals surface area contributed by atoms with Crippen molar-refractivity contribution in [3.63, 3.8) is 0 Å². The number of likely N-dealkylation sites (tertiary alicyclic amines) is 2. The predicted molar refractivity (Wildman–Crippen MR) is 147 cm³/mol. The number of halogens is 6. The van der Waals surface area contributed by atoms with Crippen LogP contribution in [0.4, 0.5) is 32.0 Å². The summed E-state index contributed by atoms with van der Waals surface area (Å²) in [6.07, 6.45) is -7.01. The van der Waals surface area contributed by atoms with E-state index in [0.29, 0.717) is 22.3 Å². The van der Waals surface area contributed by atoms with E-state index in [1.165, 1.54) is 11.0 Å². The lowest BCUT2D eigenvalue weighted by atomic mass is 9.97. The molecule has 2 heterocycles. The third-order valence-corrected chi connectivity index (χ3v) is 8.53.